The van der Waals surface area contributed by atoms with Crippen molar-refractivity contribution in [3.8, 4) is 0 Å². The Morgan fingerprint density at radius 2 is 2.35 bits per heavy atom. The number of carboxylic acids is 1. The molecule has 0 radical (unpaired) electrons. The number of thioether (sulfide) groups is 1. The van der Waals surface area contributed by atoms with Gasteiger partial charge in [-0.15, -0.1) is 0 Å². The zero-order chi connectivity index (χ0) is 14.7. The van der Waals surface area contributed by atoms with Crippen molar-refractivity contribution < 1.29 is 19.1 Å². The molecule has 0 saturated carbocycles. The van der Waals surface area contributed by atoms with Gasteiger partial charge in [-0.1, -0.05) is 30.1 Å². The van der Waals surface area contributed by atoms with Gasteiger partial charge in [0.2, 0.25) is 0 Å². The van der Waals surface area contributed by atoms with E-state index in [1.165, 1.54) is 6.92 Å². The molecule has 0 aliphatic carbocycles. The van der Waals surface area contributed by atoms with Gasteiger partial charge in [0.25, 0.3) is 5.91 Å². The second kappa shape index (κ2) is 6.06. The van der Waals surface area contributed by atoms with Crippen molar-refractivity contribution in [1.29, 1.82) is 0 Å². The van der Waals surface area contributed by atoms with Crippen molar-refractivity contribution >= 4 is 46.3 Å². The SMILES string of the molecule is C[C@@H](C(=O)[O-])N1C(=O)/C(=C/C=C/c2ccco2)SC1=S. The van der Waals surface area contributed by atoms with Crippen LogP contribution in [0.4, 0.5) is 0 Å². The smallest absolute Gasteiger partial charge is 0.266 e. The maximum absolute atomic E-state index is 12.1. The summed E-state index contributed by atoms with van der Waals surface area (Å²) in [6, 6.07) is 2.44. The quantitative estimate of drug-likeness (QED) is 0.614. The largest absolute Gasteiger partial charge is 0.548 e. The van der Waals surface area contributed by atoms with E-state index in [0.29, 0.717) is 10.7 Å². The lowest BCUT2D eigenvalue weighted by Crippen LogP contribution is -2.48. The Labute approximate surface area is 124 Å². The molecule has 2 rings (SSSR count). The molecule has 0 bridgehead atoms. The van der Waals surface area contributed by atoms with Crippen LogP contribution in [0.3, 0.4) is 0 Å². The van der Waals surface area contributed by atoms with E-state index in [0.717, 1.165) is 16.7 Å². The Morgan fingerprint density at radius 1 is 1.60 bits per heavy atom. The highest BCUT2D eigenvalue weighted by Gasteiger charge is 2.35. The predicted octanol–water partition coefficient (Wildman–Crippen LogP) is 1.18. The van der Waals surface area contributed by atoms with Crippen LogP contribution in [0.5, 0.6) is 0 Å². The van der Waals surface area contributed by atoms with Crippen molar-refractivity contribution in [3.05, 3.63) is 41.2 Å². The fourth-order valence-electron chi connectivity index (χ4n) is 1.55. The van der Waals surface area contributed by atoms with Gasteiger partial charge in [0.15, 0.2) is 0 Å². The summed E-state index contributed by atoms with van der Waals surface area (Å²) in [5.41, 5.74) is 0. The van der Waals surface area contributed by atoms with E-state index < -0.39 is 17.9 Å². The van der Waals surface area contributed by atoms with Crippen LogP contribution < -0.4 is 5.11 Å². The minimum absolute atomic E-state index is 0.212. The maximum Gasteiger partial charge on any atom is 0.266 e. The van der Waals surface area contributed by atoms with Gasteiger partial charge in [0.1, 0.15) is 10.1 Å². The number of hydrogen-bond acceptors (Lipinski definition) is 6. The molecular formula is C13H10NO4S2-. The molecule has 1 fully saturated rings. The first-order valence-electron chi connectivity index (χ1n) is 5.69. The minimum atomic E-state index is -1.34. The van der Waals surface area contributed by atoms with Crippen LogP contribution in [0.1, 0.15) is 12.7 Å². The average Bonchev–Trinajstić information content (AvgIpc) is 2.98. The lowest BCUT2D eigenvalue weighted by atomic mass is 10.3. The highest BCUT2D eigenvalue weighted by atomic mass is 32.2. The van der Waals surface area contributed by atoms with Gasteiger partial charge in [-0.05, 0) is 31.2 Å². The van der Waals surface area contributed by atoms with Crippen LogP contribution in [0.2, 0.25) is 0 Å². The van der Waals surface area contributed by atoms with Crippen LogP contribution in [0, 0.1) is 0 Å². The van der Waals surface area contributed by atoms with Crippen molar-refractivity contribution in [3.63, 3.8) is 0 Å². The van der Waals surface area contributed by atoms with Crippen molar-refractivity contribution in [2.75, 3.05) is 0 Å². The summed E-state index contributed by atoms with van der Waals surface area (Å²) in [5, 5.41) is 10.8. The zero-order valence-electron chi connectivity index (χ0n) is 10.4. The third kappa shape index (κ3) is 3.00. The third-order valence-electron chi connectivity index (χ3n) is 2.60. The van der Waals surface area contributed by atoms with Crippen LogP contribution in [-0.2, 0) is 9.59 Å². The lowest BCUT2D eigenvalue weighted by Gasteiger charge is -2.23. The van der Waals surface area contributed by atoms with Gasteiger partial charge in [-0.3, -0.25) is 9.69 Å². The molecule has 0 unspecified atom stereocenters. The van der Waals surface area contributed by atoms with Gasteiger partial charge < -0.3 is 14.3 Å². The normalized spacial score (nSPS) is 19.2. The van der Waals surface area contributed by atoms with Crippen LogP contribution in [0.15, 0.2) is 39.9 Å². The monoisotopic (exact) mass is 308 g/mol. The van der Waals surface area contributed by atoms with Gasteiger partial charge in [-0.2, -0.15) is 0 Å². The standard InChI is InChI=1S/C13H11NO4S2/c1-8(12(16)17)14-11(15)10(20-13(14)19)6-2-4-9-5-3-7-18-9/h2-8H,1H3,(H,16,17)/p-1/b4-2+,10-6-/t8-/m0/s1. The van der Waals surface area contributed by atoms with E-state index >= 15 is 0 Å². The molecule has 5 nitrogen and oxygen atoms in total. The number of allylic oxidation sites excluding steroid dienone is 2. The Balaban J connectivity index is 2.13. The molecule has 104 valence electrons. The number of hydrogen-bond donors (Lipinski definition) is 0. The van der Waals surface area contributed by atoms with Crippen molar-refractivity contribution in [1.82, 2.24) is 4.90 Å². The summed E-state index contributed by atoms with van der Waals surface area (Å²) in [7, 11) is 0. The summed E-state index contributed by atoms with van der Waals surface area (Å²) in [5.74, 6) is -1.12. The molecule has 7 heteroatoms. The molecule has 1 aliphatic rings. The van der Waals surface area contributed by atoms with E-state index in [1.807, 2.05) is 0 Å². The van der Waals surface area contributed by atoms with Crippen molar-refractivity contribution in [2.24, 2.45) is 0 Å². The number of carboxylic acid groups (broad SMARTS) is 1. The highest BCUT2D eigenvalue weighted by molar-refractivity contribution is 8.26. The molecule has 20 heavy (non-hydrogen) atoms. The van der Waals surface area contributed by atoms with E-state index in [4.69, 9.17) is 16.6 Å². The van der Waals surface area contributed by atoms with E-state index in [-0.39, 0.29) is 4.32 Å². The molecule has 1 atom stereocenters. The van der Waals surface area contributed by atoms with Gasteiger partial charge >= 0.3 is 0 Å². The molecule has 0 aromatic carbocycles. The number of rotatable bonds is 4. The van der Waals surface area contributed by atoms with Gasteiger partial charge in [0, 0.05) is 0 Å². The summed E-state index contributed by atoms with van der Waals surface area (Å²) in [6.07, 6.45) is 6.45. The Bertz CT molecular complexity index is 604. The molecule has 0 N–H and O–H groups in total. The van der Waals surface area contributed by atoms with E-state index in [1.54, 1.807) is 36.6 Å². The number of nitrogens with zero attached hydrogens (tertiary/aromatic N) is 1. The third-order valence-corrected chi connectivity index (χ3v) is 3.95. The molecule has 1 aromatic heterocycles. The first kappa shape index (κ1) is 14.5. The number of carbonyl (C=O) groups is 2. The van der Waals surface area contributed by atoms with Gasteiger partial charge in [-0.25, -0.2) is 0 Å². The molecule has 0 spiro atoms. The molecule has 1 saturated heterocycles. The van der Waals surface area contributed by atoms with E-state index in [2.05, 4.69) is 0 Å². The van der Waals surface area contributed by atoms with Crippen LogP contribution in [0.25, 0.3) is 6.08 Å². The molecule has 2 heterocycles. The second-order valence-electron chi connectivity index (χ2n) is 3.94. The number of thiocarbonyl (C=S) groups is 1. The summed E-state index contributed by atoms with van der Waals surface area (Å²) < 4.78 is 5.32. The zero-order valence-corrected chi connectivity index (χ0v) is 12.1. The van der Waals surface area contributed by atoms with Gasteiger partial charge in [0.05, 0.1) is 23.2 Å². The Kier molecular flexibility index (Phi) is 4.41. The highest BCUT2D eigenvalue weighted by Crippen LogP contribution is 2.32. The Hall–Kier alpha value is -1.86. The Morgan fingerprint density at radius 3 is 2.95 bits per heavy atom. The summed E-state index contributed by atoms with van der Waals surface area (Å²) >= 11 is 6.07. The number of furan rings is 1. The summed E-state index contributed by atoms with van der Waals surface area (Å²) in [4.78, 5) is 24.3. The predicted molar refractivity (Wildman–Crippen MR) is 77.3 cm³/mol. The van der Waals surface area contributed by atoms with Crippen LogP contribution in [-0.4, -0.2) is 27.1 Å². The number of aliphatic carboxylic acids is 1. The number of amides is 1. The van der Waals surface area contributed by atoms with E-state index in [9.17, 15) is 14.7 Å². The lowest BCUT2D eigenvalue weighted by molar-refractivity contribution is -0.309. The topological polar surface area (TPSA) is 73.6 Å². The maximum atomic E-state index is 12.1. The second-order valence-corrected chi connectivity index (χ2v) is 5.62. The average molecular weight is 308 g/mol. The molecule has 1 aromatic rings. The molecule has 1 amide bonds. The van der Waals surface area contributed by atoms with Crippen LogP contribution >= 0.6 is 24.0 Å². The molecule has 1 aliphatic heterocycles. The number of carbonyl (C=O) groups excluding carboxylic acids is 2. The first-order chi connectivity index (χ1) is 9.50. The first-order valence-corrected chi connectivity index (χ1v) is 6.91. The minimum Gasteiger partial charge on any atom is -0.548 e. The molecular weight excluding hydrogens is 298 g/mol. The summed E-state index contributed by atoms with van der Waals surface area (Å²) in [6.45, 7) is 1.36. The fraction of sp³-hybridized carbons (Fsp3) is 0.154. The fourth-order valence-corrected chi connectivity index (χ4v) is 2.92. The van der Waals surface area contributed by atoms with Crippen molar-refractivity contribution in [2.45, 2.75) is 13.0 Å².